The molecule has 1 saturated heterocycles. The summed E-state index contributed by atoms with van der Waals surface area (Å²) in [6.45, 7) is 0.412. The van der Waals surface area contributed by atoms with E-state index in [1.54, 1.807) is 24.3 Å². The maximum absolute atomic E-state index is 12.5. The number of benzene rings is 1. The van der Waals surface area contributed by atoms with Crippen LogP contribution < -0.4 is 15.5 Å². The van der Waals surface area contributed by atoms with Crippen molar-refractivity contribution in [2.45, 2.75) is 25.3 Å². The SMILES string of the molecule is O=C(CC[C@@H]1NC(=O)N(c2ccccc2)C1=O)NCCc1nnc2ccccn12. The van der Waals surface area contributed by atoms with Gasteiger partial charge in [0.1, 0.15) is 11.9 Å². The number of anilines is 1. The maximum atomic E-state index is 12.5. The maximum Gasteiger partial charge on any atom is 0.329 e. The number of hydrogen-bond donors (Lipinski definition) is 2. The van der Waals surface area contributed by atoms with E-state index < -0.39 is 12.1 Å². The van der Waals surface area contributed by atoms with Crippen LogP contribution in [0.15, 0.2) is 54.7 Å². The Labute approximate surface area is 166 Å². The molecule has 4 rings (SSSR count). The zero-order chi connectivity index (χ0) is 20.2. The highest BCUT2D eigenvalue weighted by molar-refractivity contribution is 6.21. The lowest BCUT2D eigenvalue weighted by molar-refractivity contribution is -0.121. The van der Waals surface area contributed by atoms with E-state index in [1.165, 1.54) is 0 Å². The average Bonchev–Trinajstić information content (AvgIpc) is 3.27. The van der Waals surface area contributed by atoms with Gasteiger partial charge in [0.05, 0.1) is 5.69 Å². The van der Waals surface area contributed by atoms with Crippen molar-refractivity contribution in [1.82, 2.24) is 25.2 Å². The highest BCUT2D eigenvalue weighted by Gasteiger charge is 2.38. The molecule has 0 bridgehead atoms. The fourth-order valence-electron chi connectivity index (χ4n) is 3.29. The van der Waals surface area contributed by atoms with Crippen molar-refractivity contribution in [2.75, 3.05) is 11.4 Å². The third kappa shape index (κ3) is 3.93. The normalized spacial score (nSPS) is 16.3. The van der Waals surface area contributed by atoms with E-state index in [1.807, 2.05) is 34.9 Å². The molecule has 1 aliphatic heterocycles. The highest BCUT2D eigenvalue weighted by Crippen LogP contribution is 2.20. The third-order valence-corrected chi connectivity index (χ3v) is 4.75. The van der Waals surface area contributed by atoms with Gasteiger partial charge in [-0.05, 0) is 30.7 Å². The Morgan fingerprint density at radius 2 is 1.86 bits per heavy atom. The highest BCUT2D eigenvalue weighted by atomic mass is 16.2. The summed E-state index contributed by atoms with van der Waals surface area (Å²) < 4.78 is 1.87. The Morgan fingerprint density at radius 3 is 2.69 bits per heavy atom. The molecular formula is C20H20N6O3. The van der Waals surface area contributed by atoms with Crippen molar-refractivity contribution < 1.29 is 14.4 Å². The van der Waals surface area contributed by atoms with Crippen LogP contribution >= 0.6 is 0 Å². The van der Waals surface area contributed by atoms with Crippen LogP contribution in [0.5, 0.6) is 0 Å². The fourth-order valence-corrected chi connectivity index (χ4v) is 3.29. The summed E-state index contributed by atoms with van der Waals surface area (Å²) in [6, 6.07) is 13.2. The molecule has 2 aromatic heterocycles. The Bertz CT molecular complexity index is 1050. The Morgan fingerprint density at radius 1 is 1.07 bits per heavy atom. The molecule has 9 nitrogen and oxygen atoms in total. The number of hydrogen-bond acceptors (Lipinski definition) is 5. The van der Waals surface area contributed by atoms with E-state index in [0.29, 0.717) is 18.7 Å². The number of nitrogens with zero attached hydrogens (tertiary/aromatic N) is 4. The lowest BCUT2D eigenvalue weighted by Crippen LogP contribution is -2.33. The van der Waals surface area contributed by atoms with E-state index in [4.69, 9.17) is 0 Å². The van der Waals surface area contributed by atoms with E-state index in [9.17, 15) is 14.4 Å². The first-order chi connectivity index (χ1) is 14.1. The number of imide groups is 1. The Hall–Kier alpha value is -3.75. The molecule has 0 radical (unpaired) electrons. The average molecular weight is 392 g/mol. The number of para-hydroxylation sites is 1. The van der Waals surface area contributed by atoms with Crippen LogP contribution in [0.1, 0.15) is 18.7 Å². The number of pyridine rings is 1. The second-order valence-electron chi connectivity index (χ2n) is 6.69. The number of urea groups is 1. The number of aromatic nitrogens is 3. The monoisotopic (exact) mass is 392 g/mol. The molecule has 29 heavy (non-hydrogen) atoms. The first kappa shape index (κ1) is 18.6. The van der Waals surface area contributed by atoms with E-state index in [2.05, 4.69) is 20.8 Å². The van der Waals surface area contributed by atoms with Crippen LogP contribution in [0, 0.1) is 0 Å². The van der Waals surface area contributed by atoms with Gasteiger partial charge >= 0.3 is 6.03 Å². The standard InChI is InChI=1S/C20H20N6O3/c27-18(21-12-11-17-24-23-16-8-4-5-13-25(16)17)10-9-15-19(28)26(20(29)22-15)14-6-2-1-3-7-14/h1-8,13,15H,9-12H2,(H,21,27)(H,22,29)/t15-/m0/s1. The van der Waals surface area contributed by atoms with Gasteiger partial charge in [0.25, 0.3) is 5.91 Å². The number of carbonyl (C=O) groups is 3. The number of carbonyl (C=O) groups excluding carboxylic acids is 3. The molecule has 1 fully saturated rings. The summed E-state index contributed by atoms with van der Waals surface area (Å²) in [4.78, 5) is 37.9. The van der Waals surface area contributed by atoms with Gasteiger partial charge in [0.15, 0.2) is 5.65 Å². The molecule has 0 unspecified atom stereocenters. The minimum atomic E-state index is -0.700. The van der Waals surface area contributed by atoms with Gasteiger partial charge in [-0.25, -0.2) is 9.69 Å². The van der Waals surface area contributed by atoms with Crippen molar-refractivity contribution in [3.63, 3.8) is 0 Å². The van der Waals surface area contributed by atoms with Gasteiger partial charge in [-0.2, -0.15) is 0 Å². The summed E-state index contributed by atoms with van der Waals surface area (Å²) in [7, 11) is 0. The lowest BCUT2D eigenvalue weighted by atomic mass is 10.1. The first-order valence-electron chi connectivity index (χ1n) is 9.38. The van der Waals surface area contributed by atoms with Crippen molar-refractivity contribution in [1.29, 1.82) is 0 Å². The minimum Gasteiger partial charge on any atom is -0.356 e. The van der Waals surface area contributed by atoms with Crippen LogP contribution in [-0.4, -0.2) is 45.0 Å². The molecule has 4 amide bonds. The van der Waals surface area contributed by atoms with Crippen molar-refractivity contribution in [2.24, 2.45) is 0 Å². The smallest absolute Gasteiger partial charge is 0.329 e. The van der Waals surface area contributed by atoms with E-state index in [-0.39, 0.29) is 24.7 Å². The van der Waals surface area contributed by atoms with Crippen molar-refractivity contribution >= 4 is 29.2 Å². The molecular weight excluding hydrogens is 372 g/mol. The van der Waals surface area contributed by atoms with Crippen molar-refractivity contribution in [3.8, 4) is 0 Å². The molecule has 1 aromatic carbocycles. The second kappa shape index (κ2) is 8.09. The lowest BCUT2D eigenvalue weighted by Gasteiger charge is -2.12. The largest absolute Gasteiger partial charge is 0.356 e. The molecule has 0 aliphatic carbocycles. The zero-order valence-corrected chi connectivity index (χ0v) is 15.6. The van der Waals surface area contributed by atoms with Gasteiger partial charge in [0, 0.05) is 25.6 Å². The van der Waals surface area contributed by atoms with Gasteiger partial charge in [0.2, 0.25) is 5.91 Å². The molecule has 2 N–H and O–H groups in total. The van der Waals surface area contributed by atoms with Crippen LogP contribution in [0.25, 0.3) is 5.65 Å². The second-order valence-corrected chi connectivity index (χ2v) is 6.69. The summed E-state index contributed by atoms with van der Waals surface area (Å²) in [6.07, 6.45) is 2.80. The van der Waals surface area contributed by atoms with Crippen molar-refractivity contribution in [3.05, 3.63) is 60.6 Å². The summed E-state index contributed by atoms with van der Waals surface area (Å²) in [5.74, 6) is 0.237. The zero-order valence-electron chi connectivity index (χ0n) is 15.6. The summed E-state index contributed by atoms with van der Waals surface area (Å²) in [5.41, 5.74) is 1.27. The van der Waals surface area contributed by atoms with Gasteiger partial charge in [-0.15, -0.1) is 10.2 Å². The van der Waals surface area contributed by atoms with E-state index in [0.717, 1.165) is 16.4 Å². The predicted octanol–water partition coefficient (Wildman–Crippen LogP) is 1.29. The predicted molar refractivity (Wildman–Crippen MR) is 105 cm³/mol. The number of rotatable bonds is 7. The fraction of sp³-hybridized carbons (Fsp3) is 0.250. The van der Waals surface area contributed by atoms with E-state index >= 15 is 0 Å². The van der Waals surface area contributed by atoms with Gasteiger partial charge < -0.3 is 10.6 Å². The quantitative estimate of drug-likeness (QED) is 0.589. The molecule has 3 heterocycles. The molecule has 3 aromatic rings. The first-order valence-corrected chi connectivity index (χ1v) is 9.38. The number of nitrogens with one attached hydrogen (secondary N) is 2. The molecule has 1 atom stereocenters. The summed E-state index contributed by atoms with van der Waals surface area (Å²) >= 11 is 0. The van der Waals surface area contributed by atoms with Crippen LogP contribution in [-0.2, 0) is 16.0 Å². The van der Waals surface area contributed by atoms with Crippen LogP contribution in [0.4, 0.5) is 10.5 Å². The van der Waals surface area contributed by atoms with Crippen LogP contribution in [0.2, 0.25) is 0 Å². The Balaban J connectivity index is 1.25. The molecule has 148 valence electrons. The third-order valence-electron chi connectivity index (χ3n) is 4.75. The Kier molecular flexibility index (Phi) is 5.19. The van der Waals surface area contributed by atoms with Gasteiger partial charge in [-0.3, -0.25) is 14.0 Å². The summed E-state index contributed by atoms with van der Waals surface area (Å²) in [5, 5.41) is 13.7. The van der Waals surface area contributed by atoms with Gasteiger partial charge in [-0.1, -0.05) is 24.3 Å². The number of fused-ring (bicyclic) bond motifs is 1. The minimum absolute atomic E-state index is 0.139. The molecule has 1 aliphatic rings. The van der Waals surface area contributed by atoms with Crippen LogP contribution in [0.3, 0.4) is 0 Å². The topological polar surface area (TPSA) is 109 Å². The molecule has 9 heteroatoms. The molecule has 0 saturated carbocycles. The number of amides is 4. The molecule has 0 spiro atoms.